The zero-order valence-corrected chi connectivity index (χ0v) is 20.1. The monoisotopic (exact) mass is 459 g/mol. The number of ether oxygens (including phenoxy) is 1. The Kier molecular flexibility index (Phi) is 7.17. The molecule has 178 valence electrons. The number of allylic oxidation sites excluding steroid dienone is 1. The molecule has 1 heterocycles. The molecule has 0 saturated heterocycles. The Labute approximate surface area is 201 Å². The normalized spacial score (nSPS) is 19.1. The average molecular weight is 460 g/mol. The van der Waals surface area contributed by atoms with E-state index in [-0.39, 0.29) is 11.4 Å². The summed E-state index contributed by atoms with van der Waals surface area (Å²) in [5, 5.41) is 3.92. The van der Waals surface area contributed by atoms with Crippen molar-refractivity contribution < 1.29 is 14.3 Å². The Bertz CT molecular complexity index is 1170. The Morgan fingerprint density at radius 3 is 2.44 bits per heavy atom. The fourth-order valence-corrected chi connectivity index (χ4v) is 5.13. The number of aromatic nitrogens is 1. The first kappa shape index (κ1) is 23.8. The molecule has 4 rings (SSSR count). The first-order chi connectivity index (χ1) is 16.4. The third kappa shape index (κ3) is 4.92. The molecule has 6 nitrogen and oxygen atoms in total. The Morgan fingerprint density at radius 2 is 1.76 bits per heavy atom. The molecule has 2 aromatic carbocycles. The van der Waals surface area contributed by atoms with E-state index in [4.69, 9.17) is 4.74 Å². The van der Waals surface area contributed by atoms with Gasteiger partial charge in [0.15, 0.2) is 0 Å². The third-order valence-electron chi connectivity index (χ3n) is 7.12. The van der Waals surface area contributed by atoms with Crippen LogP contribution < -0.4 is 5.32 Å². The summed E-state index contributed by atoms with van der Waals surface area (Å²) in [7, 11) is 5.60. The second kappa shape index (κ2) is 10.3. The maximum absolute atomic E-state index is 12.9. The molecule has 0 radical (unpaired) electrons. The fourth-order valence-electron chi connectivity index (χ4n) is 5.13. The van der Waals surface area contributed by atoms with Crippen molar-refractivity contribution in [2.45, 2.75) is 43.7 Å². The molecule has 2 N–H and O–H groups in total. The van der Waals surface area contributed by atoms with Gasteiger partial charge in [0.25, 0.3) is 0 Å². The van der Waals surface area contributed by atoms with Crippen LogP contribution in [0.1, 0.15) is 36.8 Å². The highest BCUT2D eigenvalue weighted by Crippen LogP contribution is 2.42. The van der Waals surface area contributed by atoms with Gasteiger partial charge in [0.2, 0.25) is 5.91 Å². The highest BCUT2D eigenvalue weighted by molar-refractivity contribution is 5.92. The Morgan fingerprint density at radius 1 is 1.09 bits per heavy atom. The number of amides is 1. The van der Waals surface area contributed by atoms with Crippen molar-refractivity contribution in [1.82, 2.24) is 15.2 Å². The topological polar surface area (TPSA) is 74.4 Å². The molecule has 1 amide bonds. The molecule has 0 spiro atoms. The van der Waals surface area contributed by atoms with E-state index in [2.05, 4.69) is 53.6 Å². The maximum Gasteiger partial charge on any atom is 0.328 e. The van der Waals surface area contributed by atoms with Gasteiger partial charge in [-0.05, 0) is 57.0 Å². The maximum atomic E-state index is 12.9. The molecule has 1 unspecified atom stereocenters. The van der Waals surface area contributed by atoms with E-state index in [1.165, 1.54) is 12.7 Å². The van der Waals surface area contributed by atoms with Crippen LogP contribution in [0.3, 0.4) is 0 Å². The number of methoxy groups -OCH3 is 1. The van der Waals surface area contributed by atoms with Crippen LogP contribution in [0.15, 0.2) is 72.4 Å². The quantitative estimate of drug-likeness (QED) is 0.408. The van der Waals surface area contributed by atoms with Gasteiger partial charge in [-0.15, -0.1) is 0 Å². The van der Waals surface area contributed by atoms with Gasteiger partial charge < -0.3 is 15.0 Å². The molecule has 1 fully saturated rings. The number of nitrogens with zero attached hydrogens (tertiary/aromatic N) is 1. The molecule has 3 aromatic rings. The number of para-hydroxylation sites is 1. The van der Waals surface area contributed by atoms with Crippen molar-refractivity contribution in [2.24, 2.45) is 0 Å². The average Bonchev–Trinajstić information content (AvgIpc) is 3.27. The van der Waals surface area contributed by atoms with Crippen LogP contribution in [-0.4, -0.2) is 49.0 Å². The lowest BCUT2D eigenvalue weighted by atomic mass is 9.74. The van der Waals surface area contributed by atoms with Crippen LogP contribution in [0.2, 0.25) is 0 Å². The van der Waals surface area contributed by atoms with Crippen molar-refractivity contribution in [3.63, 3.8) is 0 Å². The molecule has 1 atom stereocenters. The number of hydrogen-bond acceptors (Lipinski definition) is 4. The number of rotatable bonds is 7. The van der Waals surface area contributed by atoms with Gasteiger partial charge in [-0.1, -0.05) is 54.1 Å². The fraction of sp³-hybridized carbons (Fsp3) is 0.357. The SMILES string of the molecule is COC(=O)C(Cc1c[nH]c2ccccc12)NC(=O)C=C1CCC(c2ccccc2)(N(C)C)CC1. The van der Waals surface area contributed by atoms with Gasteiger partial charge in [0.1, 0.15) is 6.04 Å². The van der Waals surface area contributed by atoms with E-state index in [1.54, 1.807) is 6.08 Å². The van der Waals surface area contributed by atoms with Crippen LogP contribution >= 0.6 is 0 Å². The molecular formula is C28H33N3O3. The Balaban J connectivity index is 1.45. The molecule has 1 saturated carbocycles. The third-order valence-corrected chi connectivity index (χ3v) is 7.12. The summed E-state index contributed by atoms with van der Waals surface area (Å²) in [6.45, 7) is 0. The number of carbonyl (C=O) groups excluding carboxylic acids is 2. The Hall–Kier alpha value is -3.38. The zero-order chi connectivity index (χ0) is 24.1. The first-order valence-corrected chi connectivity index (χ1v) is 11.8. The summed E-state index contributed by atoms with van der Waals surface area (Å²) in [5.41, 5.74) is 4.36. The van der Waals surface area contributed by atoms with Crippen LogP contribution in [0, 0.1) is 0 Å². The van der Waals surface area contributed by atoms with Crippen molar-refractivity contribution in [3.8, 4) is 0 Å². The van der Waals surface area contributed by atoms with Crippen LogP contribution in [-0.2, 0) is 26.3 Å². The van der Waals surface area contributed by atoms with Gasteiger partial charge in [-0.3, -0.25) is 9.69 Å². The molecule has 34 heavy (non-hydrogen) atoms. The van der Waals surface area contributed by atoms with Gasteiger partial charge >= 0.3 is 5.97 Å². The van der Waals surface area contributed by atoms with E-state index >= 15 is 0 Å². The minimum atomic E-state index is -0.748. The lowest BCUT2D eigenvalue weighted by Gasteiger charge is -2.44. The predicted octanol–water partition coefficient (Wildman–Crippen LogP) is 4.33. The zero-order valence-electron chi connectivity index (χ0n) is 20.1. The minimum absolute atomic E-state index is 0.0288. The smallest absolute Gasteiger partial charge is 0.328 e. The summed E-state index contributed by atoms with van der Waals surface area (Å²) >= 11 is 0. The summed E-state index contributed by atoms with van der Waals surface area (Å²) in [6.07, 6.45) is 7.49. The number of esters is 1. The lowest BCUT2D eigenvalue weighted by Crippen LogP contribution is -2.44. The van der Waals surface area contributed by atoms with Gasteiger partial charge in [-0.2, -0.15) is 0 Å². The van der Waals surface area contributed by atoms with E-state index in [9.17, 15) is 9.59 Å². The summed E-state index contributed by atoms with van der Waals surface area (Å²) in [6, 6.07) is 17.7. The molecule has 0 bridgehead atoms. The highest BCUT2D eigenvalue weighted by atomic mass is 16.5. The van der Waals surface area contributed by atoms with E-state index in [0.29, 0.717) is 6.42 Å². The molecule has 0 aliphatic heterocycles. The highest BCUT2D eigenvalue weighted by Gasteiger charge is 2.37. The van der Waals surface area contributed by atoms with Crippen molar-refractivity contribution >= 4 is 22.8 Å². The van der Waals surface area contributed by atoms with Crippen LogP contribution in [0.4, 0.5) is 0 Å². The number of H-pyrrole nitrogens is 1. The molecule has 1 aromatic heterocycles. The van der Waals surface area contributed by atoms with Crippen LogP contribution in [0.5, 0.6) is 0 Å². The summed E-state index contributed by atoms with van der Waals surface area (Å²) in [4.78, 5) is 30.8. The van der Waals surface area contributed by atoms with Crippen LogP contribution in [0.25, 0.3) is 10.9 Å². The van der Waals surface area contributed by atoms with Gasteiger partial charge in [-0.25, -0.2) is 4.79 Å². The van der Waals surface area contributed by atoms with E-state index in [1.807, 2.05) is 36.5 Å². The van der Waals surface area contributed by atoms with E-state index in [0.717, 1.165) is 47.7 Å². The second-order valence-electron chi connectivity index (χ2n) is 9.24. The summed E-state index contributed by atoms with van der Waals surface area (Å²) in [5.74, 6) is -0.696. The summed E-state index contributed by atoms with van der Waals surface area (Å²) < 4.78 is 4.98. The number of benzene rings is 2. The van der Waals surface area contributed by atoms with Gasteiger partial charge in [0, 0.05) is 35.1 Å². The predicted molar refractivity (Wildman–Crippen MR) is 134 cm³/mol. The number of hydrogen-bond donors (Lipinski definition) is 2. The number of carbonyl (C=O) groups is 2. The van der Waals surface area contributed by atoms with Crippen molar-refractivity contribution in [2.75, 3.05) is 21.2 Å². The van der Waals surface area contributed by atoms with E-state index < -0.39 is 12.0 Å². The largest absolute Gasteiger partial charge is 0.467 e. The molecule has 6 heteroatoms. The number of aromatic amines is 1. The molecular weight excluding hydrogens is 426 g/mol. The molecule has 1 aliphatic carbocycles. The lowest BCUT2D eigenvalue weighted by molar-refractivity contribution is -0.144. The number of nitrogens with one attached hydrogen (secondary N) is 2. The van der Waals surface area contributed by atoms with Gasteiger partial charge in [0.05, 0.1) is 7.11 Å². The number of fused-ring (bicyclic) bond motifs is 1. The first-order valence-electron chi connectivity index (χ1n) is 11.8. The van der Waals surface area contributed by atoms with Crippen molar-refractivity contribution in [3.05, 3.63) is 83.6 Å². The molecule has 1 aliphatic rings. The standard InChI is InChI=1S/C28H33N3O3/c1-31(2)28(22-9-5-4-6-10-22)15-13-20(14-16-28)17-26(32)30-25(27(33)34-3)18-21-19-29-24-12-8-7-11-23(21)24/h4-12,17,19,25,29H,13-16,18H2,1-3H3,(H,30,32). The second-order valence-corrected chi connectivity index (χ2v) is 9.24. The minimum Gasteiger partial charge on any atom is -0.467 e. The van der Waals surface area contributed by atoms with Crippen molar-refractivity contribution in [1.29, 1.82) is 0 Å².